The Kier molecular flexibility index (Phi) is 4.09. The van der Waals surface area contributed by atoms with Crippen molar-refractivity contribution in [3.8, 4) is 0 Å². The van der Waals surface area contributed by atoms with E-state index in [1.807, 2.05) is 0 Å². The van der Waals surface area contributed by atoms with E-state index in [0.717, 1.165) is 0 Å². The number of hydrogen-bond acceptors (Lipinski definition) is 3. The quantitative estimate of drug-likeness (QED) is 0.517. The Hall–Kier alpha value is -1.56. The van der Waals surface area contributed by atoms with E-state index in [1.54, 1.807) is 13.0 Å². The Labute approximate surface area is 114 Å². The molecule has 0 saturated heterocycles. The predicted octanol–water partition coefficient (Wildman–Crippen LogP) is 2.87. The summed E-state index contributed by atoms with van der Waals surface area (Å²) in [6.07, 6.45) is 1.45. The number of aryl methyl sites for hydroxylation is 1. The third kappa shape index (κ3) is 2.73. The molecule has 19 heavy (non-hydrogen) atoms. The summed E-state index contributed by atoms with van der Waals surface area (Å²) < 4.78 is 28.0. The number of nitrogens with zero attached hydrogens (tertiary/aromatic N) is 1. The van der Waals surface area contributed by atoms with Gasteiger partial charge in [-0.05, 0) is 36.2 Å². The number of rotatable bonds is 3. The fourth-order valence-electron chi connectivity index (χ4n) is 1.89. The molecule has 2 rings (SSSR count). The first kappa shape index (κ1) is 13.9. The van der Waals surface area contributed by atoms with Gasteiger partial charge in [0.15, 0.2) is 0 Å². The van der Waals surface area contributed by atoms with Crippen LogP contribution >= 0.6 is 11.6 Å². The minimum absolute atomic E-state index is 0.134. The smallest absolute Gasteiger partial charge is 0.134 e. The fourth-order valence-corrected chi connectivity index (χ4v) is 2.07. The largest absolute Gasteiger partial charge is 0.271 e. The third-order valence-electron chi connectivity index (χ3n) is 2.86. The normalized spacial score (nSPS) is 12.5. The van der Waals surface area contributed by atoms with E-state index >= 15 is 0 Å². The number of hydrazine groups is 1. The summed E-state index contributed by atoms with van der Waals surface area (Å²) in [7, 11) is 0. The zero-order valence-corrected chi connectivity index (χ0v) is 10.9. The molecule has 2 aromatic rings. The summed E-state index contributed by atoms with van der Waals surface area (Å²) >= 11 is 5.78. The second kappa shape index (κ2) is 5.61. The van der Waals surface area contributed by atoms with Crippen LogP contribution in [0, 0.1) is 18.6 Å². The van der Waals surface area contributed by atoms with E-state index < -0.39 is 17.7 Å². The van der Waals surface area contributed by atoms with Crippen LogP contribution in [0.1, 0.15) is 22.7 Å². The molecule has 6 heteroatoms. The van der Waals surface area contributed by atoms with Gasteiger partial charge in [-0.2, -0.15) is 0 Å². The van der Waals surface area contributed by atoms with E-state index in [-0.39, 0.29) is 10.7 Å². The van der Waals surface area contributed by atoms with Gasteiger partial charge in [0.05, 0.1) is 6.04 Å². The monoisotopic (exact) mass is 283 g/mol. The number of nitrogens with one attached hydrogen (secondary N) is 1. The highest BCUT2D eigenvalue weighted by molar-refractivity contribution is 6.29. The molecule has 0 aliphatic carbocycles. The van der Waals surface area contributed by atoms with Crippen molar-refractivity contribution in [1.29, 1.82) is 0 Å². The molecule has 1 unspecified atom stereocenters. The predicted molar refractivity (Wildman–Crippen MR) is 69.5 cm³/mol. The lowest BCUT2D eigenvalue weighted by molar-refractivity contribution is 0.506. The molecule has 1 aromatic carbocycles. The molecule has 0 radical (unpaired) electrons. The number of pyridine rings is 1. The lowest BCUT2D eigenvalue weighted by Gasteiger charge is -2.19. The van der Waals surface area contributed by atoms with Gasteiger partial charge in [-0.3, -0.25) is 5.84 Å². The number of halogens is 3. The Morgan fingerprint density at radius 3 is 2.68 bits per heavy atom. The Morgan fingerprint density at radius 2 is 2.05 bits per heavy atom. The summed E-state index contributed by atoms with van der Waals surface area (Å²) in [4.78, 5) is 3.82. The molecule has 1 atom stereocenters. The minimum atomic E-state index is -0.833. The van der Waals surface area contributed by atoms with Gasteiger partial charge in [-0.25, -0.2) is 19.2 Å². The summed E-state index contributed by atoms with van der Waals surface area (Å²) in [6.45, 7) is 1.56. The molecule has 0 bridgehead atoms. The first-order valence-corrected chi connectivity index (χ1v) is 5.94. The van der Waals surface area contributed by atoms with E-state index in [1.165, 1.54) is 24.4 Å². The van der Waals surface area contributed by atoms with Crippen molar-refractivity contribution < 1.29 is 8.78 Å². The summed E-state index contributed by atoms with van der Waals surface area (Å²) in [6, 6.07) is 4.85. The van der Waals surface area contributed by atoms with Crippen molar-refractivity contribution in [2.75, 3.05) is 0 Å². The van der Waals surface area contributed by atoms with Crippen LogP contribution in [0.2, 0.25) is 5.15 Å². The molecule has 0 saturated carbocycles. The van der Waals surface area contributed by atoms with Crippen LogP contribution in [0.4, 0.5) is 8.78 Å². The first-order valence-electron chi connectivity index (χ1n) is 5.56. The highest BCUT2D eigenvalue weighted by atomic mass is 35.5. The van der Waals surface area contributed by atoms with E-state index in [0.29, 0.717) is 11.1 Å². The molecule has 3 nitrogen and oxygen atoms in total. The average Bonchev–Trinajstić information content (AvgIpc) is 2.39. The van der Waals surface area contributed by atoms with Gasteiger partial charge in [0.25, 0.3) is 0 Å². The molecule has 0 aliphatic rings. The zero-order chi connectivity index (χ0) is 14.0. The van der Waals surface area contributed by atoms with Gasteiger partial charge >= 0.3 is 0 Å². The van der Waals surface area contributed by atoms with Gasteiger partial charge in [0.2, 0.25) is 0 Å². The van der Waals surface area contributed by atoms with Gasteiger partial charge in [0.1, 0.15) is 16.8 Å². The van der Waals surface area contributed by atoms with E-state index in [4.69, 9.17) is 17.4 Å². The van der Waals surface area contributed by atoms with Crippen molar-refractivity contribution in [2.45, 2.75) is 13.0 Å². The van der Waals surface area contributed by atoms with E-state index in [9.17, 15) is 8.78 Å². The Balaban J connectivity index is 2.57. The maximum Gasteiger partial charge on any atom is 0.134 e. The van der Waals surface area contributed by atoms with Gasteiger partial charge in [-0.1, -0.05) is 17.7 Å². The highest BCUT2D eigenvalue weighted by Gasteiger charge is 2.22. The molecule has 1 heterocycles. The molecule has 1 aromatic heterocycles. The van der Waals surface area contributed by atoms with Crippen LogP contribution in [-0.2, 0) is 0 Å². The lowest BCUT2D eigenvalue weighted by atomic mass is 9.97. The first-order chi connectivity index (χ1) is 9.04. The fraction of sp³-hybridized carbons (Fsp3) is 0.154. The highest BCUT2D eigenvalue weighted by Crippen LogP contribution is 2.28. The molecule has 3 N–H and O–H groups in total. The van der Waals surface area contributed by atoms with Crippen molar-refractivity contribution in [1.82, 2.24) is 10.4 Å². The molecule has 0 fully saturated rings. The second-order valence-corrected chi connectivity index (χ2v) is 4.49. The SMILES string of the molecule is Cc1ccc(F)c(C(NN)c2ccnc(Cl)c2)c1F. The van der Waals surface area contributed by atoms with Crippen molar-refractivity contribution in [3.05, 3.63) is 63.9 Å². The molecular weight excluding hydrogens is 272 g/mol. The van der Waals surface area contributed by atoms with Gasteiger partial charge in [-0.15, -0.1) is 0 Å². The topological polar surface area (TPSA) is 50.9 Å². The maximum atomic E-state index is 14.1. The van der Waals surface area contributed by atoms with Gasteiger partial charge < -0.3 is 0 Å². The number of nitrogens with two attached hydrogens (primary N) is 1. The van der Waals surface area contributed by atoms with Crippen LogP contribution in [0.25, 0.3) is 0 Å². The number of aromatic nitrogens is 1. The Bertz CT molecular complexity index is 604. The molecule has 0 spiro atoms. The number of benzene rings is 1. The average molecular weight is 284 g/mol. The molecule has 0 aliphatic heterocycles. The van der Waals surface area contributed by atoms with E-state index in [2.05, 4.69) is 10.4 Å². The van der Waals surface area contributed by atoms with Crippen LogP contribution < -0.4 is 11.3 Å². The maximum absolute atomic E-state index is 14.1. The van der Waals surface area contributed by atoms with Crippen molar-refractivity contribution in [2.24, 2.45) is 5.84 Å². The van der Waals surface area contributed by atoms with Crippen LogP contribution in [0.15, 0.2) is 30.5 Å². The molecule has 100 valence electrons. The van der Waals surface area contributed by atoms with Crippen molar-refractivity contribution >= 4 is 11.6 Å². The van der Waals surface area contributed by atoms with Crippen LogP contribution in [0.3, 0.4) is 0 Å². The summed E-state index contributed by atoms with van der Waals surface area (Å²) in [5.74, 6) is 4.13. The second-order valence-electron chi connectivity index (χ2n) is 4.10. The summed E-state index contributed by atoms with van der Waals surface area (Å²) in [5.41, 5.74) is 3.15. The molecule has 0 amide bonds. The standard InChI is InChI=1S/C13H12ClF2N3/c1-7-2-3-9(15)11(12(7)16)13(19-17)8-4-5-18-10(14)6-8/h2-6,13,19H,17H2,1H3. The van der Waals surface area contributed by atoms with Crippen LogP contribution in [-0.4, -0.2) is 4.98 Å². The van der Waals surface area contributed by atoms with Crippen LogP contribution in [0.5, 0.6) is 0 Å². The Morgan fingerprint density at radius 1 is 1.32 bits per heavy atom. The third-order valence-corrected chi connectivity index (χ3v) is 3.07. The van der Waals surface area contributed by atoms with Crippen molar-refractivity contribution in [3.63, 3.8) is 0 Å². The van der Waals surface area contributed by atoms with Gasteiger partial charge in [0, 0.05) is 11.8 Å². The summed E-state index contributed by atoms with van der Waals surface area (Å²) in [5, 5.41) is 0.228. The molecular formula is C13H12ClF2N3. The minimum Gasteiger partial charge on any atom is -0.271 e. The number of hydrogen-bond donors (Lipinski definition) is 2. The lowest BCUT2D eigenvalue weighted by Crippen LogP contribution is -2.30. The zero-order valence-electron chi connectivity index (χ0n) is 10.1.